The van der Waals surface area contributed by atoms with Gasteiger partial charge in [0, 0.05) is 28.2 Å². The lowest BCUT2D eigenvalue weighted by molar-refractivity contribution is 0.104. The van der Waals surface area contributed by atoms with E-state index >= 15 is 0 Å². The van der Waals surface area contributed by atoms with Crippen molar-refractivity contribution >= 4 is 33.1 Å². The van der Waals surface area contributed by atoms with Crippen molar-refractivity contribution in [3.8, 4) is 11.3 Å². The standard InChI is InChI=1S/C18H16N2OS/c1-9(2)19-13-6-4-5-11-14(13)17(21)12-8-7-10(3)18-15(12)16(11)20-22-18/h4-9,19H,1-3H3. The number of ketones is 1. The van der Waals surface area contributed by atoms with E-state index in [9.17, 15) is 4.79 Å². The fourth-order valence-corrected chi connectivity index (χ4v) is 3.99. The highest BCUT2D eigenvalue weighted by molar-refractivity contribution is 7.14. The molecule has 0 saturated carbocycles. The normalized spacial score (nSPS) is 12.8. The summed E-state index contributed by atoms with van der Waals surface area (Å²) in [7, 11) is 0. The second kappa shape index (κ2) is 4.65. The molecule has 3 nitrogen and oxygen atoms in total. The molecule has 0 aliphatic heterocycles. The summed E-state index contributed by atoms with van der Waals surface area (Å²) in [6.45, 7) is 6.22. The van der Waals surface area contributed by atoms with Crippen LogP contribution in [0.1, 0.15) is 35.3 Å². The van der Waals surface area contributed by atoms with Crippen molar-refractivity contribution in [1.82, 2.24) is 4.37 Å². The molecule has 0 bridgehead atoms. The Labute approximate surface area is 133 Å². The highest BCUT2D eigenvalue weighted by Crippen LogP contribution is 2.43. The largest absolute Gasteiger partial charge is 0.382 e. The molecule has 0 amide bonds. The van der Waals surface area contributed by atoms with Crippen LogP contribution in [0.3, 0.4) is 0 Å². The van der Waals surface area contributed by atoms with Crippen molar-refractivity contribution in [3.63, 3.8) is 0 Å². The molecule has 4 rings (SSSR count). The Kier molecular flexibility index (Phi) is 2.84. The number of hydrogen-bond acceptors (Lipinski definition) is 4. The quantitative estimate of drug-likeness (QED) is 0.587. The van der Waals surface area contributed by atoms with Crippen molar-refractivity contribution < 1.29 is 4.79 Å². The number of hydrogen-bond donors (Lipinski definition) is 1. The van der Waals surface area contributed by atoms with Gasteiger partial charge in [0.2, 0.25) is 0 Å². The Bertz CT molecular complexity index is 924. The first kappa shape index (κ1) is 13.5. The molecule has 1 heterocycles. The van der Waals surface area contributed by atoms with Crippen molar-refractivity contribution in [2.75, 3.05) is 5.32 Å². The summed E-state index contributed by atoms with van der Waals surface area (Å²) >= 11 is 1.48. The molecule has 0 atom stereocenters. The molecular weight excluding hydrogens is 292 g/mol. The van der Waals surface area contributed by atoms with Gasteiger partial charge in [-0.1, -0.05) is 18.2 Å². The summed E-state index contributed by atoms with van der Waals surface area (Å²) < 4.78 is 5.76. The van der Waals surface area contributed by atoms with Crippen molar-refractivity contribution in [2.45, 2.75) is 26.8 Å². The molecule has 2 aromatic carbocycles. The Hall–Kier alpha value is -2.20. The lowest BCUT2D eigenvalue weighted by atomic mass is 9.86. The van der Waals surface area contributed by atoms with Crippen LogP contribution in [0.5, 0.6) is 0 Å². The number of aromatic nitrogens is 1. The number of nitrogens with one attached hydrogen (secondary N) is 1. The fraction of sp³-hybridized carbons (Fsp3) is 0.222. The molecule has 0 spiro atoms. The van der Waals surface area contributed by atoms with Crippen LogP contribution < -0.4 is 5.32 Å². The molecule has 0 saturated heterocycles. The number of benzene rings is 2. The maximum atomic E-state index is 13.0. The summed E-state index contributed by atoms with van der Waals surface area (Å²) in [5, 5.41) is 4.40. The minimum atomic E-state index is 0.0939. The third-order valence-electron chi connectivity index (χ3n) is 4.06. The van der Waals surface area contributed by atoms with Crippen LogP contribution in [0.4, 0.5) is 5.69 Å². The number of fused-ring (bicyclic) bond motifs is 2. The first-order valence-corrected chi connectivity index (χ1v) is 8.19. The highest BCUT2D eigenvalue weighted by Gasteiger charge is 2.30. The number of nitrogens with zero attached hydrogens (tertiary/aromatic N) is 1. The van der Waals surface area contributed by atoms with Crippen LogP contribution >= 0.6 is 11.5 Å². The zero-order valence-corrected chi connectivity index (χ0v) is 13.5. The van der Waals surface area contributed by atoms with Crippen LogP contribution in [-0.2, 0) is 0 Å². The number of carbonyl (C=O) groups is 1. The molecule has 1 aliphatic carbocycles. The van der Waals surface area contributed by atoms with Crippen LogP contribution in [-0.4, -0.2) is 16.2 Å². The minimum absolute atomic E-state index is 0.0939. The van der Waals surface area contributed by atoms with Gasteiger partial charge in [0.15, 0.2) is 5.78 Å². The first-order valence-electron chi connectivity index (χ1n) is 7.41. The predicted octanol–water partition coefficient (Wildman–Crippen LogP) is 4.64. The summed E-state index contributed by atoms with van der Waals surface area (Å²) in [6.07, 6.45) is 0. The second-order valence-corrected chi connectivity index (χ2v) is 6.80. The molecular formula is C18H16N2OS. The van der Waals surface area contributed by atoms with Gasteiger partial charge in [0.25, 0.3) is 0 Å². The highest BCUT2D eigenvalue weighted by atomic mass is 32.1. The van der Waals surface area contributed by atoms with Crippen LogP contribution in [0.25, 0.3) is 21.3 Å². The van der Waals surface area contributed by atoms with E-state index in [1.54, 1.807) is 0 Å². The number of rotatable bonds is 2. The molecule has 4 heteroatoms. The van der Waals surface area contributed by atoms with E-state index < -0.39 is 0 Å². The van der Waals surface area contributed by atoms with Gasteiger partial charge < -0.3 is 5.32 Å². The Morgan fingerprint density at radius 1 is 1.14 bits per heavy atom. The van der Waals surface area contributed by atoms with Gasteiger partial charge in [0.1, 0.15) is 0 Å². The molecule has 1 N–H and O–H groups in total. The number of anilines is 1. The summed E-state index contributed by atoms with van der Waals surface area (Å²) in [6, 6.07) is 10.2. The SMILES string of the molecule is Cc1ccc2c3c(nsc13)-c1cccc(NC(C)C)c1C2=O. The van der Waals surface area contributed by atoms with Gasteiger partial charge >= 0.3 is 0 Å². The monoisotopic (exact) mass is 308 g/mol. The molecule has 0 radical (unpaired) electrons. The van der Waals surface area contributed by atoms with Gasteiger partial charge in [-0.3, -0.25) is 4.79 Å². The molecule has 3 aromatic rings. The van der Waals surface area contributed by atoms with Gasteiger partial charge in [-0.25, -0.2) is 0 Å². The first-order chi connectivity index (χ1) is 10.6. The second-order valence-electron chi connectivity index (χ2n) is 6.02. The lowest BCUT2D eigenvalue weighted by Gasteiger charge is -2.20. The zero-order valence-electron chi connectivity index (χ0n) is 12.7. The molecule has 1 aliphatic rings. The van der Waals surface area contributed by atoms with Crippen LogP contribution in [0, 0.1) is 6.92 Å². The fourth-order valence-electron chi connectivity index (χ4n) is 3.11. The van der Waals surface area contributed by atoms with E-state index in [2.05, 4.69) is 30.5 Å². The Morgan fingerprint density at radius 2 is 1.95 bits per heavy atom. The van der Waals surface area contributed by atoms with Crippen molar-refractivity contribution in [3.05, 3.63) is 47.0 Å². The minimum Gasteiger partial charge on any atom is -0.382 e. The van der Waals surface area contributed by atoms with Gasteiger partial charge in [-0.2, -0.15) is 4.37 Å². The van der Waals surface area contributed by atoms with Gasteiger partial charge in [0.05, 0.1) is 16.0 Å². The topological polar surface area (TPSA) is 42.0 Å². The Balaban J connectivity index is 2.08. The maximum absolute atomic E-state index is 13.0. The zero-order chi connectivity index (χ0) is 15.4. The smallest absolute Gasteiger partial charge is 0.196 e. The molecule has 0 fully saturated rings. The van der Waals surface area contributed by atoms with E-state index in [0.717, 1.165) is 38.2 Å². The third-order valence-corrected chi connectivity index (χ3v) is 5.04. The molecule has 110 valence electrons. The third kappa shape index (κ3) is 1.74. The van der Waals surface area contributed by atoms with E-state index in [1.165, 1.54) is 17.1 Å². The summed E-state index contributed by atoms with van der Waals surface area (Å²) in [5.74, 6) is 0.0939. The molecule has 1 aromatic heterocycles. The van der Waals surface area contributed by atoms with Crippen molar-refractivity contribution in [1.29, 1.82) is 0 Å². The molecule has 0 unspecified atom stereocenters. The van der Waals surface area contributed by atoms with Gasteiger partial charge in [-0.05, 0) is 50.0 Å². The summed E-state index contributed by atoms with van der Waals surface area (Å²) in [4.78, 5) is 13.0. The van der Waals surface area contributed by atoms with Crippen molar-refractivity contribution in [2.24, 2.45) is 0 Å². The van der Waals surface area contributed by atoms with Gasteiger partial charge in [-0.15, -0.1) is 0 Å². The van der Waals surface area contributed by atoms with Crippen LogP contribution in [0.15, 0.2) is 30.3 Å². The average molecular weight is 308 g/mol. The average Bonchev–Trinajstić information content (AvgIpc) is 2.92. The van der Waals surface area contributed by atoms with E-state index in [1.807, 2.05) is 30.3 Å². The number of carbonyl (C=O) groups excluding carboxylic acids is 1. The molecule has 22 heavy (non-hydrogen) atoms. The maximum Gasteiger partial charge on any atom is 0.196 e. The van der Waals surface area contributed by atoms with E-state index in [0.29, 0.717) is 0 Å². The number of aryl methyl sites for hydroxylation is 1. The predicted molar refractivity (Wildman–Crippen MR) is 92.0 cm³/mol. The summed E-state index contributed by atoms with van der Waals surface area (Å²) in [5.41, 5.74) is 5.48. The lowest BCUT2D eigenvalue weighted by Crippen LogP contribution is -2.17. The Morgan fingerprint density at radius 3 is 2.73 bits per heavy atom. The van der Waals surface area contributed by atoms with E-state index in [4.69, 9.17) is 0 Å². The van der Waals surface area contributed by atoms with Crippen LogP contribution in [0.2, 0.25) is 0 Å². The van der Waals surface area contributed by atoms with E-state index in [-0.39, 0.29) is 11.8 Å².